The highest BCUT2D eigenvalue weighted by Crippen LogP contribution is 2.31. The molecule has 0 bridgehead atoms. The molecule has 2 aliphatic rings. The first kappa shape index (κ1) is 20.5. The van der Waals surface area contributed by atoms with E-state index in [2.05, 4.69) is 21.0 Å². The average molecular weight is 439 g/mol. The molecule has 0 saturated carbocycles. The van der Waals surface area contributed by atoms with Crippen LogP contribution in [-0.4, -0.2) is 63.7 Å². The fraction of sp³-hybridized carbons (Fsp3) is 0.435. The first-order chi connectivity index (χ1) is 15.6. The number of hydrogen-bond donors (Lipinski definition) is 2. The van der Waals surface area contributed by atoms with Gasteiger partial charge in [-0.25, -0.2) is 9.78 Å². The average Bonchev–Trinajstić information content (AvgIpc) is 3.05. The Morgan fingerprint density at radius 2 is 2.03 bits per heavy atom. The van der Waals surface area contributed by atoms with E-state index in [1.807, 2.05) is 28.0 Å². The van der Waals surface area contributed by atoms with Crippen molar-refractivity contribution < 1.29 is 13.9 Å². The van der Waals surface area contributed by atoms with Gasteiger partial charge in [-0.2, -0.15) is 4.98 Å². The Balaban J connectivity index is 1.34. The number of carbonyl (C=O) groups is 1. The van der Waals surface area contributed by atoms with Gasteiger partial charge in [0.2, 0.25) is 0 Å². The third-order valence-corrected chi connectivity index (χ3v) is 6.40. The molecule has 3 N–H and O–H groups in total. The van der Waals surface area contributed by atoms with Crippen LogP contribution in [0.15, 0.2) is 30.5 Å². The summed E-state index contributed by atoms with van der Waals surface area (Å²) in [6.45, 7) is 2.57. The standard InChI is InChI=1S/C23H27FN6O2/c24-6-3-15-4-7-29(8-5-15)23(31)30-9-10-32-20-2-1-16(11-18(20)14-30)17-12-19-21(26-13-17)28-22(25)27-19/h1-2,11-13,15H,3-10,14H2,(H3,25,26,27,28). The van der Waals surface area contributed by atoms with Crippen molar-refractivity contribution in [2.75, 3.05) is 38.6 Å². The number of piperidine rings is 1. The van der Waals surface area contributed by atoms with Crippen LogP contribution in [-0.2, 0) is 6.54 Å². The quantitative estimate of drug-likeness (QED) is 0.651. The second-order valence-electron chi connectivity index (χ2n) is 8.50. The van der Waals surface area contributed by atoms with Crippen molar-refractivity contribution >= 4 is 23.1 Å². The van der Waals surface area contributed by atoms with E-state index in [0.717, 1.165) is 40.8 Å². The number of nitrogen functional groups attached to an aromatic ring is 1. The number of alkyl halides is 1. The number of ether oxygens (including phenoxy) is 1. The molecule has 8 nitrogen and oxygen atoms in total. The Morgan fingerprint density at radius 3 is 2.84 bits per heavy atom. The smallest absolute Gasteiger partial charge is 0.320 e. The number of nitrogens with zero attached hydrogens (tertiary/aromatic N) is 4. The maximum absolute atomic E-state index is 13.2. The van der Waals surface area contributed by atoms with E-state index in [1.54, 1.807) is 6.20 Å². The van der Waals surface area contributed by atoms with Gasteiger partial charge in [-0.1, -0.05) is 6.07 Å². The molecule has 0 atom stereocenters. The number of carbonyl (C=O) groups excluding carboxylic acids is 1. The Hall–Kier alpha value is -3.36. The summed E-state index contributed by atoms with van der Waals surface area (Å²) in [6.07, 6.45) is 4.11. The van der Waals surface area contributed by atoms with Gasteiger partial charge in [0, 0.05) is 30.4 Å². The van der Waals surface area contributed by atoms with Crippen molar-refractivity contribution in [3.05, 3.63) is 36.0 Å². The van der Waals surface area contributed by atoms with Crippen molar-refractivity contribution in [1.29, 1.82) is 0 Å². The second-order valence-corrected chi connectivity index (χ2v) is 8.50. The molecule has 3 aromatic rings. The number of aromatic nitrogens is 3. The van der Waals surface area contributed by atoms with Gasteiger partial charge in [0.1, 0.15) is 12.4 Å². The van der Waals surface area contributed by atoms with E-state index >= 15 is 0 Å². The minimum atomic E-state index is -0.280. The Morgan fingerprint density at radius 1 is 1.19 bits per heavy atom. The predicted octanol–water partition coefficient (Wildman–Crippen LogP) is 3.59. The van der Waals surface area contributed by atoms with Crippen LogP contribution in [0.5, 0.6) is 5.75 Å². The summed E-state index contributed by atoms with van der Waals surface area (Å²) < 4.78 is 18.6. The maximum Gasteiger partial charge on any atom is 0.320 e. The number of amides is 2. The maximum atomic E-state index is 13.2. The zero-order chi connectivity index (χ0) is 22.1. The van der Waals surface area contributed by atoms with E-state index in [-0.39, 0.29) is 12.7 Å². The number of nitrogens with one attached hydrogen (secondary N) is 1. The summed E-state index contributed by atoms with van der Waals surface area (Å²) >= 11 is 0. The minimum Gasteiger partial charge on any atom is -0.491 e. The molecule has 2 amide bonds. The number of aromatic amines is 1. The summed E-state index contributed by atoms with van der Waals surface area (Å²) in [5, 5.41) is 0. The lowest BCUT2D eigenvalue weighted by Crippen LogP contribution is -2.47. The molecular formula is C23H27FN6O2. The van der Waals surface area contributed by atoms with E-state index in [4.69, 9.17) is 10.5 Å². The normalized spacial score (nSPS) is 17.2. The van der Waals surface area contributed by atoms with Crippen molar-refractivity contribution in [2.45, 2.75) is 25.8 Å². The summed E-state index contributed by atoms with van der Waals surface area (Å²) in [4.78, 5) is 28.5. The van der Waals surface area contributed by atoms with Gasteiger partial charge in [0.15, 0.2) is 11.6 Å². The van der Waals surface area contributed by atoms with Crippen LogP contribution in [0.4, 0.5) is 15.1 Å². The SMILES string of the molecule is Nc1nc2ncc(-c3ccc4c(c3)CN(C(=O)N3CCC(CCF)CC3)CCO4)cc2[nH]1. The number of nitrogens with two attached hydrogens (primary N) is 1. The van der Waals surface area contributed by atoms with Crippen LogP contribution in [0.1, 0.15) is 24.8 Å². The van der Waals surface area contributed by atoms with Gasteiger partial charge < -0.3 is 25.3 Å². The number of benzene rings is 1. The molecule has 2 aromatic heterocycles. The van der Waals surface area contributed by atoms with E-state index in [9.17, 15) is 9.18 Å². The highest BCUT2D eigenvalue weighted by Gasteiger charge is 2.28. The van der Waals surface area contributed by atoms with Gasteiger partial charge in [0.25, 0.3) is 0 Å². The summed E-state index contributed by atoms with van der Waals surface area (Å²) in [6, 6.07) is 8.00. The van der Waals surface area contributed by atoms with Gasteiger partial charge >= 0.3 is 6.03 Å². The molecule has 1 fully saturated rings. The molecule has 0 aliphatic carbocycles. The molecule has 2 aliphatic heterocycles. The summed E-state index contributed by atoms with van der Waals surface area (Å²) in [5.74, 6) is 1.52. The largest absolute Gasteiger partial charge is 0.491 e. The topological polar surface area (TPSA) is 100 Å². The van der Waals surface area contributed by atoms with Gasteiger partial charge in [0.05, 0.1) is 25.3 Å². The molecule has 1 saturated heterocycles. The predicted molar refractivity (Wildman–Crippen MR) is 120 cm³/mol. The zero-order valence-corrected chi connectivity index (χ0v) is 17.9. The number of halogens is 1. The lowest BCUT2D eigenvalue weighted by molar-refractivity contribution is 0.124. The van der Waals surface area contributed by atoms with Crippen LogP contribution in [0.25, 0.3) is 22.3 Å². The first-order valence-electron chi connectivity index (χ1n) is 11.1. The number of pyridine rings is 1. The molecule has 0 radical (unpaired) electrons. The lowest BCUT2D eigenvalue weighted by Gasteiger charge is -2.35. The summed E-state index contributed by atoms with van der Waals surface area (Å²) in [5.41, 5.74) is 9.97. The van der Waals surface area contributed by atoms with Gasteiger partial charge in [-0.05, 0) is 48.9 Å². The number of urea groups is 1. The molecule has 1 aromatic carbocycles. The number of anilines is 1. The zero-order valence-electron chi connectivity index (χ0n) is 17.9. The Kier molecular flexibility index (Phi) is 5.55. The van der Waals surface area contributed by atoms with Crippen LogP contribution >= 0.6 is 0 Å². The van der Waals surface area contributed by atoms with Crippen molar-refractivity contribution in [3.63, 3.8) is 0 Å². The first-order valence-corrected chi connectivity index (χ1v) is 11.1. The highest BCUT2D eigenvalue weighted by molar-refractivity contribution is 5.80. The van der Waals surface area contributed by atoms with E-state index in [0.29, 0.717) is 56.7 Å². The van der Waals surface area contributed by atoms with Crippen LogP contribution in [0.3, 0.4) is 0 Å². The number of H-pyrrole nitrogens is 1. The number of likely N-dealkylation sites (tertiary alicyclic amines) is 1. The number of rotatable bonds is 3. The van der Waals surface area contributed by atoms with E-state index < -0.39 is 0 Å². The minimum absolute atomic E-state index is 0.0292. The molecule has 9 heteroatoms. The molecule has 5 rings (SSSR count). The Bertz CT molecular complexity index is 1120. The van der Waals surface area contributed by atoms with Crippen molar-refractivity contribution in [3.8, 4) is 16.9 Å². The Labute approximate surface area is 185 Å². The number of hydrogen-bond acceptors (Lipinski definition) is 5. The number of fused-ring (bicyclic) bond motifs is 2. The van der Waals surface area contributed by atoms with Crippen LogP contribution in [0.2, 0.25) is 0 Å². The molecule has 168 valence electrons. The third-order valence-electron chi connectivity index (χ3n) is 6.40. The molecule has 4 heterocycles. The van der Waals surface area contributed by atoms with Crippen molar-refractivity contribution in [1.82, 2.24) is 24.8 Å². The molecule has 32 heavy (non-hydrogen) atoms. The molecular weight excluding hydrogens is 411 g/mol. The third kappa shape index (κ3) is 4.06. The molecule has 0 spiro atoms. The van der Waals surface area contributed by atoms with Gasteiger partial charge in [-0.15, -0.1) is 0 Å². The molecule has 0 unspecified atom stereocenters. The lowest BCUT2D eigenvalue weighted by atomic mass is 9.94. The van der Waals surface area contributed by atoms with Gasteiger partial charge in [-0.3, -0.25) is 4.39 Å². The van der Waals surface area contributed by atoms with Crippen LogP contribution in [0, 0.1) is 5.92 Å². The second kappa shape index (κ2) is 8.64. The summed E-state index contributed by atoms with van der Waals surface area (Å²) in [7, 11) is 0. The van der Waals surface area contributed by atoms with Crippen LogP contribution < -0.4 is 10.5 Å². The number of imidazole rings is 1. The van der Waals surface area contributed by atoms with Crippen molar-refractivity contribution in [2.24, 2.45) is 5.92 Å². The fourth-order valence-electron chi connectivity index (χ4n) is 4.58. The monoisotopic (exact) mass is 438 g/mol. The highest BCUT2D eigenvalue weighted by atomic mass is 19.1. The fourth-order valence-corrected chi connectivity index (χ4v) is 4.58. The van der Waals surface area contributed by atoms with E-state index in [1.165, 1.54) is 0 Å².